The van der Waals surface area contributed by atoms with Gasteiger partial charge in [0.15, 0.2) is 11.7 Å². The Kier molecular flexibility index (Phi) is 5.01. The van der Waals surface area contributed by atoms with Crippen LogP contribution in [0.2, 0.25) is 0 Å². The largest absolute Gasteiger partial charge is 0.452 e. The summed E-state index contributed by atoms with van der Waals surface area (Å²) in [5.41, 5.74) is 1.08. The number of rotatable bonds is 6. The van der Waals surface area contributed by atoms with Crippen molar-refractivity contribution in [1.29, 1.82) is 0 Å². The number of esters is 1. The van der Waals surface area contributed by atoms with Gasteiger partial charge in [-0.3, -0.25) is 9.59 Å². The van der Waals surface area contributed by atoms with Crippen LogP contribution in [0.3, 0.4) is 0 Å². The van der Waals surface area contributed by atoms with E-state index in [1.807, 2.05) is 32.0 Å². The lowest BCUT2D eigenvalue weighted by atomic mass is 10.2. The molecule has 0 bridgehead atoms. The molecule has 0 saturated carbocycles. The topological polar surface area (TPSA) is 99.2 Å². The van der Waals surface area contributed by atoms with E-state index in [0.717, 1.165) is 5.39 Å². The number of nitrogens with one attached hydrogen (secondary N) is 1. The predicted molar refractivity (Wildman–Crippen MR) is 94.5 cm³/mol. The molecule has 136 valence electrons. The highest BCUT2D eigenvalue weighted by Crippen LogP contribution is 2.19. The van der Waals surface area contributed by atoms with Crippen molar-refractivity contribution in [2.75, 3.05) is 5.32 Å². The number of fused-ring (bicyclic) bond motifs is 1. The monoisotopic (exact) mass is 356 g/mol. The van der Waals surface area contributed by atoms with Gasteiger partial charge in [0.1, 0.15) is 11.5 Å². The molecule has 1 atom stereocenters. The molecule has 0 saturated heterocycles. The Balaban J connectivity index is 1.60. The smallest absolute Gasteiger partial charge is 0.312 e. The van der Waals surface area contributed by atoms with Gasteiger partial charge in [-0.1, -0.05) is 17.3 Å². The summed E-state index contributed by atoms with van der Waals surface area (Å²) >= 11 is 0. The van der Waals surface area contributed by atoms with E-state index in [1.165, 1.54) is 6.92 Å². The van der Waals surface area contributed by atoms with Gasteiger partial charge in [0, 0.05) is 17.5 Å². The molecule has 0 unspecified atom stereocenters. The average molecular weight is 356 g/mol. The lowest BCUT2D eigenvalue weighted by Crippen LogP contribution is -2.31. The van der Waals surface area contributed by atoms with Gasteiger partial charge in [-0.15, -0.1) is 0 Å². The zero-order valence-electron chi connectivity index (χ0n) is 14.8. The summed E-state index contributed by atoms with van der Waals surface area (Å²) in [5.74, 6) is -0.426. The summed E-state index contributed by atoms with van der Waals surface area (Å²) in [4.78, 5) is 24.4. The maximum absolute atomic E-state index is 12.3. The zero-order valence-corrected chi connectivity index (χ0v) is 14.8. The fourth-order valence-corrected chi connectivity index (χ4v) is 2.55. The number of benzene rings is 1. The van der Waals surface area contributed by atoms with Crippen molar-refractivity contribution in [2.24, 2.45) is 0 Å². The minimum atomic E-state index is -0.948. The molecule has 1 aromatic carbocycles. The summed E-state index contributed by atoms with van der Waals surface area (Å²) in [6.45, 7) is 5.42. The highest BCUT2D eigenvalue weighted by atomic mass is 16.5. The number of aromatic nitrogens is 3. The van der Waals surface area contributed by atoms with Crippen LogP contribution in [0.1, 0.15) is 32.5 Å². The van der Waals surface area contributed by atoms with Gasteiger partial charge in [-0.25, -0.2) is 4.68 Å². The highest BCUT2D eigenvalue weighted by Gasteiger charge is 2.21. The van der Waals surface area contributed by atoms with Gasteiger partial charge >= 0.3 is 5.97 Å². The van der Waals surface area contributed by atoms with Gasteiger partial charge in [0.25, 0.3) is 5.91 Å². The van der Waals surface area contributed by atoms with Crippen LogP contribution < -0.4 is 5.32 Å². The van der Waals surface area contributed by atoms with Crippen LogP contribution in [-0.4, -0.2) is 32.9 Å². The SMILES string of the molecule is CC(C)n1nccc1NC(=O)[C@@H](C)OC(=O)Cc1noc2ccccc12. The van der Waals surface area contributed by atoms with Crippen molar-refractivity contribution >= 4 is 28.7 Å². The second kappa shape index (κ2) is 7.38. The summed E-state index contributed by atoms with van der Waals surface area (Å²) in [6, 6.07) is 9.03. The van der Waals surface area contributed by atoms with Crippen molar-refractivity contribution < 1.29 is 18.8 Å². The number of anilines is 1. The molecule has 1 N–H and O–H groups in total. The molecule has 0 radical (unpaired) electrons. The van der Waals surface area contributed by atoms with Crippen LogP contribution in [0.5, 0.6) is 0 Å². The van der Waals surface area contributed by atoms with Crippen molar-refractivity contribution in [3.8, 4) is 0 Å². The van der Waals surface area contributed by atoms with Gasteiger partial charge in [0.2, 0.25) is 0 Å². The molecule has 1 amide bonds. The van der Waals surface area contributed by atoms with Crippen molar-refractivity contribution in [1.82, 2.24) is 14.9 Å². The predicted octanol–water partition coefficient (Wildman–Crippen LogP) is 2.72. The zero-order chi connectivity index (χ0) is 18.7. The fraction of sp³-hybridized carbons (Fsp3) is 0.333. The first-order chi connectivity index (χ1) is 12.5. The molecule has 8 nitrogen and oxygen atoms in total. The van der Waals surface area contributed by atoms with Crippen LogP contribution in [0.4, 0.5) is 5.82 Å². The Morgan fingerprint density at radius 3 is 2.77 bits per heavy atom. The number of carbonyl (C=O) groups is 2. The second-order valence-corrected chi connectivity index (χ2v) is 6.18. The Morgan fingerprint density at radius 1 is 1.23 bits per heavy atom. The first kappa shape index (κ1) is 17.7. The first-order valence-electron chi connectivity index (χ1n) is 8.33. The average Bonchev–Trinajstić information content (AvgIpc) is 3.22. The molecular weight excluding hydrogens is 336 g/mol. The maximum Gasteiger partial charge on any atom is 0.312 e. The summed E-state index contributed by atoms with van der Waals surface area (Å²) in [6.07, 6.45) is 0.580. The third-order valence-electron chi connectivity index (χ3n) is 3.85. The van der Waals surface area contributed by atoms with E-state index < -0.39 is 18.0 Å². The number of nitrogens with zero attached hydrogens (tertiary/aromatic N) is 3. The summed E-state index contributed by atoms with van der Waals surface area (Å²) in [7, 11) is 0. The van der Waals surface area contributed by atoms with Crippen LogP contribution in [0.15, 0.2) is 41.1 Å². The molecule has 0 aliphatic rings. The summed E-state index contributed by atoms with van der Waals surface area (Å²) in [5, 5.41) is 11.5. The Hall–Kier alpha value is -3.16. The van der Waals surface area contributed by atoms with E-state index >= 15 is 0 Å². The minimum absolute atomic E-state index is 0.0709. The Morgan fingerprint density at radius 2 is 2.00 bits per heavy atom. The van der Waals surface area contributed by atoms with E-state index in [1.54, 1.807) is 23.0 Å². The molecule has 8 heteroatoms. The van der Waals surface area contributed by atoms with Crippen LogP contribution in [0, 0.1) is 0 Å². The third-order valence-corrected chi connectivity index (χ3v) is 3.85. The molecule has 26 heavy (non-hydrogen) atoms. The minimum Gasteiger partial charge on any atom is -0.452 e. The fourth-order valence-electron chi connectivity index (χ4n) is 2.55. The van der Waals surface area contributed by atoms with Crippen LogP contribution in [0.25, 0.3) is 11.0 Å². The normalized spacial score (nSPS) is 12.3. The van der Waals surface area contributed by atoms with Gasteiger partial charge < -0.3 is 14.6 Å². The molecule has 0 aliphatic heterocycles. The van der Waals surface area contributed by atoms with Crippen molar-refractivity contribution in [3.05, 3.63) is 42.2 Å². The van der Waals surface area contributed by atoms with E-state index in [0.29, 0.717) is 17.1 Å². The van der Waals surface area contributed by atoms with Gasteiger partial charge in [0.05, 0.1) is 12.6 Å². The lowest BCUT2D eigenvalue weighted by molar-refractivity contribution is -0.152. The molecule has 0 aliphatic carbocycles. The number of amides is 1. The van der Waals surface area contributed by atoms with E-state index in [2.05, 4.69) is 15.6 Å². The molecular formula is C18H20N4O4. The quantitative estimate of drug-likeness (QED) is 0.682. The highest BCUT2D eigenvalue weighted by molar-refractivity contribution is 5.94. The van der Waals surface area contributed by atoms with Crippen molar-refractivity contribution in [2.45, 2.75) is 39.3 Å². The van der Waals surface area contributed by atoms with E-state index in [9.17, 15) is 9.59 Å². The number of para-hydroxylation sites is 1. The summed E-state index contributed by atoms with van der Waals surface area (Å²) < 4.78 is 12.1. The van der Waals surface area contributed by atoms with E-state index in [-0.39, 0.29) is 12.5 Å². The third kappa shape index (κ3) is 3.74. The molecule has 2 aromatic heterocycles. The second-order valence-electron chi connectivity index (χ2n) is 6.18. The molecule has 2 heterocycles. The first-order valence-corrected chi connectivity index (χ1v) is 8.33. The van der Waals surface area contributed by atoms with Gasteiger partial charge in [-0.2, -0.15) is 5.10 Å². The molecule has 0 spiro atoms. The van der Waals surface area contributed by atoms with Crippen molar-refractivity contribution in [3.63, 3.8) is 0 Å². The van der Waals surface area contributed by atoms with Gasteiger partial charge in [-0.05, 0) is 32.9 Å². The Bertz CT molecular complexity index is 928. The lowest BCUT2D eigenvalue weighted by Gasteiger charge is -2.15. The molecule has 0 fully saturated rings. The molecule has 3 rings (SSSR count). The number of ether oxygens (including phenoxy) is 1. The number of hydrogen-bond donors (Lipinski definition) is 1. The van der Waals surface area contributed by atoms with Crippen LogP contribution in [-0.2, 0) is 20.7 Å². The number of carbonyl (C=O) groups excluding carboxylic acids is 2. The molecule has 3 aromatic rings. The standard InChI is InChI=1S/C18H20N4O4/c1-11(2)22-16(8-9-19-22)20-18(24)12(3)25-17(23)10-14-13-6-4-5-7-15(13)26-21-14/h4-9,11-12H,10H2,1-3H3,(H,20,24)/t12-/m1/s1. The maximum atomic E-state index is 12.3. The number of hydrogen-bond acceptors (Lipinski definition) is 6. The van der Waals surface area contributed by atoms with E-state index in [4.69, 9.17) is 9.26 Å². The van der Waals surface area contributed by atoms with Crippen LogP contribution >= 0.6 is 0 Å². The Labute approximate surface area is 150 Å².